The third-order valence-corrected chi connectivity index (χ3v) is 9.62. The number of hydrogen-bond donors (Lipinski definition) is 0. The van der Waals surface area contributed by atoms with E-state index >= 15 is 0 Å². The molecular formula is C46H30N8. The van der Waals surface area contributed by atoms with Crippen molar-refractivity contribution in [2.24, 2.45) is 0 Å². The van der Waals surface area contributed by atoms with Crippen LogP contribution in [0.15, 0.2) is 183 Å². The second-order valence-electron chi connectivity index (χ2n) is 12.8. The lowest BCUT2D eigenvalue weighted by Crippen LogP contribution is -2.03. The summed E-state index contributed by atoms with van der Waals surface area (Å²) in [6, 6.07) is 53.5. The number of benzene rings is 6. The summed E-state index contributed by atoms with van der Waals surface area (Å²) >= 11 is 0. The highest BCUT2D eigenvalue weighted by Gasteiger charge is 2.25. The second kappa shape index (κ2) is 13.2. The van der Waals surface area contributed by atoms with Gasteiger partial charge in [-0.3, -0.25) is 29.1 Å². The maximum atomic E-state index is 5.19. The molecule has 0 radical (unpaired) electrons. The fourth-order valence-electron chi connectivity index (χ4n) is 7.28. The molecule has 0 aliphatic heterocycles. The minimum Gasteiger partial charge on any atom is -0.292 e. The van der Waals surface area contributed by atoms with Crippen molar-refractivity contribution in [2.75, 3.05) is 0 Å². The van der Waals surface area contributed by atoms with Gasteiger partial charge in [0, 0.05) is 58.4 Å². The van der Waals surface area contributed by atoms with Crippen molar-refractivity contribution >= 4 is 22.1 Å². The van der Waals surface area contributed by atoms with Crippen LogP contribution >= 0.6 is 0 Å². The minimum absolute atomic E-state index is 0.613. The quantitative estimate of drug-likeness (QED) is 0.165. The fourth-order valence-corrected chi connectivity index (χ4v) is 7.28. The summed E-state index contributed by atoms with van der Waals surface area (Å²) in [5.74, 6) is 1.61. The van der Waals surface area contributed by atoms with Crippen LogP contribution in [0.2, 0.25) is 0 Å². The molecule has 0 N–H and O–H groups in total. The van der Waals surface area contributed by atoms with Crippen molar-refractivity contribution in [1.29, 1.82) is 0 Å². The van der Waals surface area contributed by atoms with Gasteiger partial charge >= 0.3 is 0 Å². The van der Waals surface area contributed by atoms with Crippen LogP contribution in [0, 0.1) is 0 Å². The SMILES string of the molecule is c1ccc(-n2c(-c3ccccc3-c3nccnc3-c3nccnc3-c3ccccc3-c3nc4ccccc4n3-c3ccccc3)nc3ccccc32)cc1. The van der Waals surface area contributed by atoms with E-state index in [1.54, 1.807) is 24.8 Å². The summed E-state index contributed by atoms with van der Waals surface area (Å²) in [5.41, 5.74) is 12.0. The van der Waals surface area contributed by atoms with Crippen molar-refractivity contribution < 1.29 is 0 Å². The Morgan fingerprint density at radius 3 is 1.06 bits per heavy atom. The Morgan fingerprint density at radius 1 is 0.296 bits per heavy atom. The van der Waals surface area contributed by atoms with Crippen LogP contribution in [0.4, 0.5) is 0 Å². The minimum atomic E-state index is 0.613. The predicted molar refractivity (Wildman–Crippen MR) is 214 cm³/mol. The molecule has 8 nitrogen and oxygen atoms in total. The van der Waals surface area contributed by atoms with Crippen LogP contribution in [0.3, 0.4) is 0 Å². The van der Waals surface area contributed by atoms with E-state index in [-0.39, 0.29) is 0 Å². The predicted octanol–water partition coefficient (Wildman–Crippen LogP) is 10.3. The highest BCUT2D eigenvalue weighted by molar-refractivity contribution is 5.95. The van der Waals surface area contributed by atoms with Crippen molar-refractivity contribution in [3.8, 4) is 68.1 Å². The van der Waals surface area contributed by atoms with Gasteiger partial charge in [-0.2, -0.15) is 0 Å². The smallest absolute Gasteiger partial charge is 0.146 e. The van der Waals surface area contributed by atoms with Gasteiger partial charge in [-0.05, 0) is 48.5 Å². The van der Waals surface area contributed by atoms with Crippen LogP contribution in [0.1, 0.15) is 0 Å². The number of imidazole rings is 2. The second-order valence-corrected chi connectivity index (χ2v) is 12.8. The van der Waals surface area contributed by atoms with E-state index < -0.39 is 0 Å². The van der Waals surface area contributed by atoms with E-state index in [9.17, 15) is 0 Å². The molecule has 4 heterocycles. The van der Waals surface area contributed by atoms with Gasteiger partial charge in [0.25, 0.3) is 0 Å². The summed E-state index contributed by atoms with van der Waals surface area (Å²) in [4.78, 5) is 30.3. The molecule has 0 atom stereocenters. The van der Waals surface area contributed by atoms with Crippen molar-refractivity contribution in [1.82, 2.24) is 39.0 Å². The maximum Gasteiger partial charge on any atom is 0.146 e. The summed E-state index contributed by atoms with van der Waals surface area (Å²) in [6.45, 7) is 0. The Hall–Kier alpha value is -7.58. The number of aromatic nitrogens is 8. The van der Waals surface area contributed by atoms with E-state index in [1.165, 1.54) is 0 Å². The summed E-state index contributed by atoms with van der Waals surface area (Å²) in [6.07, 6.45) is 6.86. The van der Waals surface area contributed by atoms with Crippen LogP contribution < -0.4 is 0 Å². The molecule has 10 aromatic rings. The molecule has 0 aliphatic rings. The zero-order valence-electron chi connectivity index (χ0n) is 28.9. The van der Waals surface area contributed by atoms with Crippen LogP contribution in [0.25, 0.3) is 90.1 Å². The molecule has 8 heteroatoms. The fraction of sp³-hybridized carbons (Fsp3) is 0. The molecule has 4 aromatic heterocycles. The van der Waals surface area contributed by atoms with Gasteiger partial charge in [-0.1, -0.05) is 109 Å². The number of hydrogen-bond acceptors (Lipinski definition) is 6. The van der Waals surface area contributed by atoms with Crippen LogP contribution in [-0.2, 0) is 0 Å². The first kappa shape index (κ1) is 31.2. The Kier molecular flexibility index (Phi) is 7.62. The highest BCUT2D eigenvalue weighted by atomic mass is 15.1. The van der Waals surface area contributed by atoms with Crippen molar-refractivity contribution in [3.63, 3.8) is 0 Å². The largest absolute Gasteiger partial charge is 0.292 e. The lowest BCUT2D eigenvalue weighted by Gasteiger charge is -2.16. The van der Waals surface area contributed by atoms with Crippen molar-refractivity contribution in [2.45, 2.75) is 0 Å². The Labute approximate surface area is 310 Å². The third-order valence-electron chi connectivity index (χ3n) is 9.62. The molecule has 0 saturated carbocycles. The highest BCUT2D eigenvalue weighted by Crippen LogP contribution is 2.41. The van der Waals surface area contributed by atoms with Gasteiger partial charge in [0.05, 0.1) is 33.5 Å². The van der Waals surface area contributed by atoms with Crippen LogP contribution in [-0.4, -0.2) is 39.0 Å². The zero-order valence-corrected chi connectivity index (χ0v) is 28.9. The molecule has 0 saturated heterocycles. The molecule has 0 unspecified atom stereocenters. The molecule has 0 bridgehead atoms. The number of rotatable bonds is 7. The van der Waals surface area contributed by atoms with E-state index in [1.807, 2.05) is 97.1 Å². The van der Waals surface area contributed by atoms with Gasteiger partial charge in [-0.15, -0.1) is 0 Å². The summed E-state index contributed by atoms with van der Waals surface area (Å²) < 4.78 is 4.40. The Balaban J connectivity index is 1.17. The molecule has 10 rings (SSSR count). The molecule has 6 aromatic carbocycles. The van der Waals surface area contributed by atoms with Gasteiger partial charge < -0.3 is 0 Å². The first-order valence-electron chi connectivity index (χ1n) is 17.7. The van der Waals surface area contributed by atoms with Crippen molar-refractivity contribution in [3.05, 3.63) is 183 Å². The monoisotopic (exact) mass is 694 g/mol. The Morgan fingerprint density at radius 2 is 0.630 bits per heavy atom. The van der Waals surface area contributed by atoms with E-state index in [0.717, 1.165) is 67.3 Å². The normalized spacial score (nSPS) is 11.3. The molecule has 0 aliphatic carbocycles. The number of para-hydroxylation sites is 6. The van der Waals surface area contributed by atoms with E-state index in [2.05, 4.69) is 69.8 Å². The topological polar surface area (TPSA) is 87.2 Å². The van der Waals surface area contributed by atoms with Gasteiger partial charge in [0.15, 0.2) is 0 Å². The molecule has 0 spiro atoms. The first-order chi connectivity index (χ1) is 26.8. The number of fused-ring (bicyclic) bond motifs is 2. The van der Waals surface area contributed by atoms with Gasteiger partial charge in [-0.25, -0.2) is 9.97 Å². The lowest BCUT2D eigenvalue weighted by molar-refractivity contribution is 1.10. The lowest BCUT2D eigenvalue weighted by atomic mass is 9.97. The summed E-state index contributed by atoms with van der Waals surface area (Å²) in [7, 11) is 0. The summed E-state index contributed by atoms with van der Waals surface area (Å²) in [5, 5.41) is 0. The number of nitrogens with zero attached hydrogens (tertiary/aromatic N) is 8. The van der Waals surface area contributed by atoms with Gasteiger partial charge in [0.1, 0.15) is 23.0 Å². The Bertz CT molecular complexity index is 2750. The van der Waals surface area contributed by atoms with E-state index in [0.29, 0.717) is 22.8 Å². The zero-order chi connectivity index (χ0) is 35.8. The third kappa shape index (κ3) is 5.24. The molecule has 54 heavy (non-hydrogen) atoms. The standard InChI is InChI=1S/C46H30N8/c1-3-15-31(16-4-1)53-39-25-13-11-23-37(39)51-45(53)35-21-9-7-19-33(35)41-43(49-29-27-47-41)44-42(48-28-30-50-44)34-20-8-10-22-36(34)46-52-38-24-12-14-26-40(38)54(46)32-17-5-2-6-18-32/h1-30H. The maximum absolute atomic E-state index is 5.19. The average molecular weight is 695 g/mol. The average Bonchev–Trinajstić information content (AvgIpc) is 3.84. The van der Waals surface area contributed by atoms with Crippen LogP contribution in [0.5, 0.6) is 0 Å². The molecular weight excluding hydrogens is 665 g/mol. The van der Waals surface area contributed by atoms with Gasteiger partial charge in [0.2, 0.25) is 0 Å². The molecule has 0 amide bonds. The first-order valence-corrected chi connectivity index (χ1v) is 17.7. The molecule has 0 fully saturated rings. The van der Waals surface area contributed by atoms with E-state index in [4.69, 9.17) is 29.9 Å². The molecule has 254 valence electrons.